The number of hydrogen-bond donors (Lipinski definition) is 0. The molecular weight excluding hydrogens is 360 g/mol. The monoisotopic (exact) mass is 376 g/mol. The molecule has 1 unspecified atom stereocenters. The number of nitrogens with zero attached hydrogens (tertiary/aromatic N) is 2. The molecule has 1 aromatic heterocycles. The van der Waals surface area contributed by atoms with Crippen LogP contribution in [0.2, 0.25) is 0 Å². The number of rotatable bonds is 7. The molecule has 0 spiro atoms. The van der Waals surface area contributed by atoms with Crippen molar-refractivity contribution in [1.82, 2.24) is 9.78 Å². The Morgan fingerprint density at radius 2 is 2.19 bits per heavy atom. The van der Waals surface area contributed by atoms with Crippen LogP contribution in [0.4, 0.5) is 17.6 Å². The Bertz CT molecular complexity index is 737. The number of hydrogen-bond acceptors (Lipinski definition) is 5. The molecule has 0 saturated carbocycles. The van der Waals surface area contributed by atoms with E-state index in [1.165, 1.54) is 6.07 Å². The van der Waals surface area contributed by atoms with Gasteiger partial charge in [-0.1, -0.05) is 6.08 Å². The van der Waals surface area contributed by atoms with Gasteiger partial charge in [-0.2, -0.15) is 18.3 Å². The molecule has 0 amide bonds. The van der Waals surface area contributed by atoms with Crippen molar-refractivity contribution in [2.75, 3.05) is 13.2 Å². The molecule has 0 aromatic carbocycles. The van der Waals surface area contributed by atoms with E-state index in [0.29, 0.717) is 6.29 Å². The lowest BCUT2D eigenvalue weighted by Gasteiger charge is -2.21. The van der Waals surface area contributed by atoms with E-state index >= 15 is 0 Å². The van der Waals surface area contributed by atoms with Gasteiger partial charge in [-0.05, 0) is 18.6 Å². The zero-order valence-corrected chi connectivity index (χ0v) is 13.8. The maximum atomic E-state index is 13.5. The van der Waals surface area contributed by atoms with Crippen LogP contribution in [0.5, 0.6) is 5.88 Å². The van der Waals surface area contributed by atoms with E-state index in [4.69, 9.17) is 9.47 Å². The van der Waals surface area contributed by atoms with Crippen LogP contribution in [-0.2, 0) is 16.1 Å². The SMILES string of the molecule is CCOC(=O)Cn1nc(C=O)cc1OCC1=CC(C(F)(F)F)CC(F)=C1. The fourth-order valence-electron chi connectivity index (χ4n) is 2.33. The van der Waals surface area contributed by atoms with Gasteiger partial charge in [0.15, 0.2) is 6.29 Å². The van der Waals surface area contributed by atoms with Gasteiger partial charge in [0.2, 0.25) is 5.88 Å². The first-order valence-corrected chi connectivity index (χ1v) is 7.67. The summed E-state index contributed by atoms with van der Waals surface area (Å²) in [7, 11) is 0. The molecule has 0 fully saturated rings. The summed E-state index contributed by atoms with van der Waals surface area (Å²) in [6.45, 7) is 1.04. The summed E-state index contributed by atoms with van der Waals surface area (Å²) in [6, 6.07) is 1.22. The lowest BCUT2D eigenvalue weighted by molar-refractivity contribution is -0.162. The Morgan fingerprint density at radius 3 is 2.81 bits per heavy atom. The molecule has 10 heteroatoms. The highest BCUT2D eigenvalue weighted by Crippen LogP contribution is 2.36. The van der Waals surface area contributed by atoms with E-state index in [1.54, 1.807) is 6.92 Å². The summed E-state index contributed by atoms with van der Waals surface area (Å²) in [5.74, 6) is -3.48. The molecule has 0 radical (unpaired) electrons. The second-order valence-corrected chi connectivity index (χ2v) is 5.46. The van der Waals surface area contributed by atoms with Gasteiger partial charge < -0.3 is 9.47 Å². The minimum Gasteiger partial charge on any atom is -0.473 e. The molecule has 0 N–H and O–H groups in total. The number of allylic oxidation sites excluding steroid dienone is 2. The third kappa shape index (κ3) is 5.17. The largest absolute Gasteiger partial charge is 0.473 e. The molecular formula is C16H16F4N2O4. The summed E-state index contributed by atoms with van der Waals surface area (Å²) in [4.78, 5) is 22.4. The second kappa shape index (κ2) is 8.15. The predicted molar refractivity (Wildman–Crippen MR) is 81.2 cm³/mol. The van der Waals surface area contributed by atoms with E-state index < -0.39 is 30.3 Å². The lowest BCUT2D eigenvalue weighted by Crippen LogP contribution is -2.24. The second-order valence-electron chi connectivity index (χ2n) is 5.46. The average molecular weight is 376 g/mol. The van der Waals surface area contributed by atoms with Gasteiger partial charge in [0.25, 0.3) is 0 Å². The normalized spacial score (nSPS) is 17.3. The molecule has 1 aliphatic carbocycles. The molecule has 6 nitrogen and oxygen atoms in total. The van der Waals surface area contributed by atoms with Gasteiger partial charge in [-0.15, -0.1) is 0 Å². The first-order chi connectivity index (χ1) is 12.2. The van der Waals surface area contributed by atoms with Crippen molar-refractivity contribution in [1.29, 1.82) is 0 Å². The van der Waals surface area contributed by atoms with Crippen molar-refractivity contribution in [3.63, 3.8) is 0 Å². The van der Waals surface area contributed by atoms with Gasteiger partial charge >= 0.3 is 12.1 Å². The van der Waals surface area contributed by atoms with Gasteiger partial charge in [-0.25, -0.2) is 9.07 Å². The quantitative estimate of drug-likeness (QED) is 0.416. The van der Waals surface area contributed by atoms with Crippen molar-refractivity contribution < 1.29 is 36.6 Å². The molecule has 1 atom stereocenters. The van der Waals surface area contributed by atoms with E-state index in [-0.39, 0.29) is 36.9 Å². The third-order valence-corrected chi connectivity index (χ3v) is 3.45. The Hall–Kier alpha value is -2.65. The number of aldehydes is 1. The smallest absolute Gasteiger partial charge is 0.395 e. The highest BCUT2D eigenvalue weighted by Gasteiger charge is 2.40. The predicted octanol–water partition coefficient (Wildman–Crippen LogP) is 3.00. The van der Waals surface area contributed by atoms with Crippen LogP contribution in [0, 0.1) is 5.92 Å². The van der Waals surface area contributed by atoms with Gasteiger partial charge in [0.1, 0.15) is 24.7 Å². The van der Waals surface area contributed by atoms with Crippen molar-refractivity contribution in [2.24, 2.45) is 5.92 Å². The zero-order valence-electron chi connectivity index (χ0n) is 13.8. The number of carbonyl (C=O) groups excluding carboxylic acids is 2. The van der Waals surface area contributed by atoms with Crippen LogP contribution < -0.4 is 4.74 Å². The summed E-state index contributed by atoms with van der Waals surface area (Å²) >= 11 is 0. The van der Waals surface area contributed by atoms with E-state index in [1.807, 2.05) is 0 Å². The van der Waals surface area contributed by atoms with Crippen LogP contribution in [0.15, 0.2) is 29.6 Å². The Balaban J connectivity index is 2.13. The van der Waals surface area contributed by atoms with Crippen LogP contribution in [0.3, 0.4) is 0 Å². The number of halogens is 4. The standard InChI is InChI=1S/C16H16F4N2O4/c1-2-25-15(24)7-22-14(6-13(8-23)21-22)26-9-10-3-11(16(18,19)20)5-12(17)4-10/h3-4,6,8,11H,2,5,7,9H2,1H3. The van der Waals surface area contributed by atoms with E-state index in [9.17, 15) is 27.2 Å². The maximum Gasteiger partial charge on any atom is 0.395 e. The molecule has 0 bridgehead atoms. The van der Waals surface area contributed by atoms with Crippen LogP contribution >= 0.6 is 0 Å². The molecule has 1 aromatic rings. The van der Waals surface area contributed by atoms with Gasteiger partial charge in [-0.3, -0.25) is 9.59 Å². The number of ether oxygens (including phenoxy) is 2. The average Bonchev–Trinajstić information content (AvgIpc) is 2.94. The number of esters is 1. The first-order valence-electron chi connectivity index (χ1n) is 7.67. The van der Waals surface area contributed by atoms with E-state index in [0.717, 1.165) is 16.8 Å². The minimum absolute atomic E-state index is 0.00684. The van der Waals surface area contributed by atoms with Crippen LogP contribution in [-0.4, -0.2) is 41.4 Å². The Morgan fingerprint density at radius 1 is 1.46 bits per heavy atom. The maximum absolute atomic E-state index is 13.5. The summed E-state index contributed by atoms with van der Waals surface area (Å²) < 4.78 is 63.0. The van der Waals surface area contributed by atoms with Crippen LogP contribution in [0.1, 0.15) is 23.8 Å². The summed E-state index contributed by atoms with van der Waals surface area (Å²) in [5.41, 5.74) is -0.0376. The van der Waals surface area contributed by atoms with Gasteiger partial charge in [0, 0.05) is 12.5 Å². The third-order valence-electron chi connectivity index (χ3n) is 3.45. The molecule has 1 aliphatic rings. The Kier molecular flexibility index (Phi) is 6.17. The minimum atomic E-state index is -4.56. The Labute approximate surface area is 146 Å². The molecule has 0 saturated heterocycles. The highest BCUT2D eigenvalue weighted by atomic mass is 19.4. The topological polar surface area (TPSA) is 70.4 Å². The zero-order chi connectivity index (χ0) is 19.3. The summed E-state index contributed by atoms with van der Waals surface area (Å²) in [6.07, 6.45) is -3.03. The fraction of sp³-hybridized carbons (Fsp3) is 0.438. The van der Waals surface area contributed by atoms with Crippen molar-refractivity contribution >= 4 is 12.3 Å². The number of carbonyl (C=O) groups is 2. The van der Waals surface area contributed by atoms with Crippen molar-refractivity contribution in [2.45, 2.75) is 26.1 Å². The number of aromatic nitrogens is 2. The fourth-order valence-corrected chi connectivity index (χ4v) is 2.33. The van der Waals surface area contributed by atoms with E-state index in [2.05, 4.69) is 5.10 Å². The highest BCUT2D eigenvalue weighted by molar-refractivity contribution is 5.73. The molecule has 142 valence electrons. The van der Waals surface area contributed by atoms with Crippen molar-refractivity contribution in [3.8, 4) is 5.88 Å². The number of alkyl halides is 3. The summed E-state index contributed by atoms with van der Waals surface area (Å²) in [5, 5.41) is 3.82. The lowest BCUT2D eigenvalue weighted by atomic mass is 9.95. The molecule has 0 aliphatic heterocycles. The molecule has 1 heterocycles. The molecule has 26 heavy (non-hydrogen) atoms. The van der Waals surface area contributed by atoms with Crippen LogP contribution in [0.25, 0.3) is 0 Å². The van der Waals surface area contributed by atoms with Crippen molar-refractivity contribution in [3.05, 3.63) is 35.3 Å². The molecule has 2 rings (SSSR count). The first kappa shape index (κ1) is 19.7. The van der Waals surface area contributed by atoms with Gasteiger partial charge in [0.05, 0.1) is 12.5 Å².